The van der Waals surface area contributed by atoms with Crippen LogP contribution >= 0.6 is 0 Å². The molecule has 0 unspecified atom stereocenters. The summed E-state index contributed by atoms with van der Waals surface area (Å²) in [5.41, 5.74) is 5.66. The Kier molecular flexibility index (Phi) is 4.35. The number of nitrogens with zero attached hydrogens (tertiary/aromatic N) is 4. The summed E-state index contributed by atoms with van der Waals surface area (Å²) in [7, 11) is 1.16. The number of aromatic nitrogens is 3. The van der Waals surface area contributed by atoms with E-state index in [0.29, 0.717) is 0 Å². The van der Waals surface area contributed by atoms with Gasteiger partial charge in [0.05, 0.1) is 18.4 Å². The number of carbonyl (C=O) groups excluding carboxylic acids is 1. The van der Waals surface area contributed by atoms with Crippen LogP contribution in [0.4, 0.5) is 10.1 Å². The summed E-state index contributed by atoms with van der Waals surface area (Å²) in [6.07, 6.45) is 2.61. The lowest BCUT2D eigenvalue weighted by Crippen LogP contribution is -2.11. The topological polar surface area (TPSA) is 136 Å². The second-order valence-electron chi connectivity index (χ2n) is 5.36. The molecule has 3 rings (SSSR count). The van der Waals surface area contributed by atoms with Crippen LogP contribution in [0.15, 0.2) is 36.7 Å². The minimum absolute atomic E-state index is 0.00602. The number of hydrogen-bond acceptors (Lipinski definition) is 6. The third-order valence-electron chi connectivity index (χ3n) is 3.81. The van der Waals surface area contributed by atoms with Gasteiger partial charge in [0.15, 0.2) is 17.2 Å². The molecule has 9 nitrogen and oxygen atoms in total. The summed E-state index contributed by atoms with van der Waals surface area (Å²) in [5, 5.41) is 21.8. The molecule has 0 aliphatic heterocycles. The van der Waals surface area contributed by atoms with Gasteiger partial charge in [0.1, 0.15) is 11.8 Å². The maximum atomic E-state index is 14.6. The van der Waals surface area contributed by atoms with Crippen molar-refractivity contribution in [3.63, 3.8) is 0 Å². The Hall–Kier alpha value is -4.13. The predicted octanol–water partition coefficient (Wildman–Crippen LogP) is 1.74. The number of carbonyl (C=O) groups is 2. The lowest BCUT2D eigenvalue weighted by Gasteiger charge is -2.10. The Balaban J connectivity index is 2.10. The van der Waals surface area contributed by atoms with E-state index in [-0.39, 0.29) is 34.0 Å². The SMILES string of the molecule is COC(=O)c1c(N)c(C#N)cn1-c1ccc(-n2ccc(C(=O)O)n2)c(F)c1. The van der Waals surface area contributed by atoms with Gasteiger partial charge in [-0.05, 0) is 18.2 Å². The fraction of sp³-hybridized carbons (Fsp3) is 0.0588. The number of esters is 1. The van der Waals surface area contributed by atoms with E-state index in [2.05, 4.69) is 9.84 Å². The molecular formula is C17H12FN5O4. The molecule has 0 radical (unpaired) electrons. The van der Waals surface area contributed by atoms with Crippen LogP contribution in [-0.2, 0) is 4.74 Å². The van der Waals surface area contributed by atoms with Crippen molar-refractivity contribution in [2.75, 3.05) is 12.8 Å². The number of hydrogen-bond donors (Lipinski definition) is 2. The van der Waals surface area contributed by atoms with Crippen LogP contribution < -0.4 is 5.73 Å². The average molecular weight is 369 g/mol. The molecule has 1 aromatic carbocycles. The number of carboxylic acid groups (broad SMARTS) is 1. The van der Waals surface area contributed by atoms with Crippen LogP contribution in [0.2, 0.25) is 0 Å². The Bertz CT molecular complexity index is 1110. The number of carboxylic acids is 1. The normalized spacial score (nSPS) is 10.4. The Labute approximate surface area is 151 Å². The molecule has 0 saturated heterocycles. The predicted molar refractivity (Wildman–Crippen MR) is 90.3 cm³/mol. The van der Waals surface area contributed by atoms with Gasteiger partial charge in [-0.3, -0.25) is 0 Å². The number of halogens is 1. The summed E-state index contributed by atoms with van der Waals surface area (Å²) in [4.78, 5) is 22.9. The van der Waals surface area contributed by atoms with Crippen molar-refractivity contribution in [1.29, 1.82) is 5.26 Å². The number of methoxy groups -OCH3 is 1. The Morgan fingerprint density at radius 3 is 2.67 bits per heavy atom. The molecular weight excluding hydrogens is 357 g/mol. The van der Waals surface area contributed by atoms with Crippen molar-refractivity contribution in [1.82, 2.24) is 14.3 Å². The van der Waals surface area contributed by atoms with Crippen molar-refractivity contribution in [3.05, 3.63) is 59.4 Å². The number of benzene rings is 1. The zero-order valence-electron chi connectivity index (χ0n) is 13.9. The molecule has 0 amide bonds. The summed E-state index contributed by atoms with van der Waals surface area (Å²) in [6.45, 7) is 0. The van der Waals surface area contributed by atoms with Crippen molar-refractivity contribution in [2.24, 2.45) is 0 Å². The van der Waals surface area contributed by atoms with Gasteiger partial charge in [0, 0.05) is 24.1 Å². The molecule has 3 aromatic rings. The van der Waals surface area contributed by atoms with E-state index in [0.717, 1.165) is 17.9 Å². The summed E-state index contributed by atoms with van der Waals surface area (Å²) in [6, 6.07) is 7.01. The molecule has 0 aliphatic carbocycles. The quantitative estimate of drug-likeness (QED) is 0.668. The van der Waals surface area contributed by atoms with Gasteiger partial charge in [0.2, 0.25) is 0 Å². The van der Waals surface area contributed by atoms with Gasteiger partial charge < -0.3 is 20.1 Å². The maximum absolute atomic E-state index is 14.6. The highest BCUT2D eigenvalue weighted by Gasteiger charge is 2.22. The molecule has 0 bridgehead atoms. The number of rotatable bonds is 4. The van der Waals surface area contributed by atoms with Crippen molar-refractivity contribution in [3.8, 4) is 17.4 Å². The van der Waals surface area contributed by atoms with Crippen molar-refractivity contribution < 1.29 is 23.8 Å². The molecule has 0 aliphatic rings. The van der Waals surface area contributed by atoms with Gasteiger partial charge in [-0.25, -0.2) is 18.7 Å². The first kappa shape index (κ1) is 17.7. The zero-order valence-corrected chi connectivity index (χ0v) is 13.9. The maximum Gasteiger partial charge on any atom is 0.357 e. The van der Waals surface area contributed by atoms with Crippen LogP contribution in [0.3, 0.4) is 0 Å². The molecule has 2 heterocycles. The second-order valence-corrected chi connectivity index (χ2v) is 5.36. The van der Waals surface area contributed by atoms with E-state index in [4.69, 9.17) is 16.1 Å². The highest BCUT2D eigenvalue weighted by Crippen LogP contribution is 2.26. The van der Waals surface area contributed by atoms with Gasteiger partial charge >= 0.3 is 11.9 Å². The highest BCUT2D eigenvalue weighted by atomic mass is 19.1. The first-order valence-electron chi connectivity index (χ1n) is 7.46. The van der Waals surface area contributed by atoms with Gasteiger partial charge in [-0.2, -0.15) is 10.4 Å². The van der Waals surface area contributed by atoms with Gasteiger partial charge in [-0.15, -0.1) is 0 Å². The van der Waals surface area contributed by atoms with Gasteiger partial charge in [0.25, 0.3) is 0 Å². The summed E-state index contributed by atoms with van der Waals surface area (Å²) >= 11 is 0. The number of nitriles is 1. The van der Waals surface area contributed by atoms with Crippen molar-refractivity contribution in [2.45, 2.75) is 0 Å². The number of ether oxygens (including phenoxy) is 1. The monoisotopic (exact) mass is 369 g/mol. The fourth-order valence-electron chi connectivity index (χ4n) is 2.52. The third kappa shape index (κ3) is 2.98. The van der Waals surface area contributed by atoms with Crippen LogP contribution in [-0.4, -0.2) is 38.5 Å². The van der Waals surface area contributed by atoms with E-state index in [9.17, 15) is 14.0 Å². The van der Waals surface area contributed by atoms with E-state index in [1.807, 2.05) is 6.07 Å². The van der Waals surface area contributed by atoms with E-state index < -0.39 is 17.8 Å². The van der Waals surface area contributed by atoms with E-state index in [1.165, 1.54) is 35.2 Å². The van der Waals surface area contributed by atoms with Crippen LogP contribution in [0.25, 0.3) is 11.4 Å². The average Bonchev–Trinajstić information content (AvgIpc) is 3.26. The van der Waals surface area contributed by atoms with E-state index in [1.54, 1.807) is 0 Å². The summed E-state index contributed by atoms with van der Waals surface area (Å²) in [5.74, 6) is -2.74. The summed E-state index contributed by atoms with van der Waals surface area (Å²) < 4.78 is 21.6. The van der Waals surface area contributed by atoms with Crippen LogP contribution in [0.5, 0.6) is 0 Å². The molecule has 3 N–H and O–H groups in total. The molecule has 136 valence electrons. The number of aromatic carboxylic acids is 1. The molecule has 0 spiro atoms. The lowest BCUT2D eigenvalue weighted by atomic mass is 10.2. The Morgan fingerprint density at radius 2 is 2.11 bits per heavy atom. The molecule has 0 saturated carbocycles. The van der Waals surface area contributed by atoms with Crippen molar-refractivity contribution >= 4 is 17.6 Å². The smallest absolute Gasteiger partial charge is 0.357 e. The lowest BCUT2D eigenvalue weighted by molar-refractivity contribution is 0.0592. The Morgan fingerprint density at radius 1 is 1.37 bits per heavy atom. The zero-order chi connectivity index (χ0) is 19.7. The molecule has 27 heavy (non-hydrogen) atoms. The van der Waals surface area contributed by atoms with E-state index >= 15 is 0 Å². The minimum atomic E-state index is -1.24. The standard InChI is InChI=1S/C17H12FN5O4/c1-27-17(26)15-14(20)9(7-19)8-22(15)10-2-3-13(11(18)6-10)23-5-4-12(21-23)16(24)25/h2-6,8H,20H2,1H3,(H,24,25). The van der Waals surface area contributed by atoms with Gasteiger partial charge in [-0.1, -0.05) is 0 Å². The second kappa shape index (κ2) is 6.64. The number of anilines is 1. The molecule has 0 fully saturated rings. The minimum Gasteiger partial charge on any atom is -0.476 e. The molecule has 0 atom stereocenters. The molecule has 2 aromatic heterocycles. The fourth-order valence-corrected chi connectivity index (χ4v) is 2.52. The number of nitrogen functional groups attached to an aromatic ring is 1. The highest BCUT2D eigenvalue weighted by molar-refractivity contribution is 5.96. The van der Waals surface area contributed by atoms with Crippen LogP contribution in [0, 0.1) is 17.1 Å². The number of nitrogens with two attached hydrogens (primary N) is 1. The first-order chi connectivity index (χ1) is 12.9. The first-order valence-corrected chi connectivity index (χ1v) is 7.46. The van der Waals surface area contributed by atoms with Crippen LogP contribution in [0.1, 0.15) is 26.5 Å². The largest absolute Gasteiger partial charge is 0.476 e. The molecule has 10 heteroatoms. The third-order valence-corrected chi connectivity index (χ3v) is 3.81.